The minimum absolute atomic E-state index is 0.00586. The van der Waals surface area contributed by atoms with Gasteiger partial charge in [0.1, 0.15) is 12.4 Å². The number of methoxy groups -OCH3 is 2. The zero-order valence-corrected chi connectivity index (χ0v) is 16.4. The molecule has 0 radical (unpaired) electrons. The molecule has 0 fully saturated rings. The molecule has 0 aliphatic rings. The summed E-state index contributed by atoms with van der Waals surface area (Å²) < 4.78 is 30.8. The fourth-order valence-corrected chi connectivity index (χ4v) is 3.06. The first-order valence-corrected chi connectivity index (χ1v) is 8.85. The van der Waals surface area contributed by atoms with Crippen molar-refractivity contribution in [3.05, 3.63) is 56.8 Å². The van der Waals surface area contributed by atoms with Gasteiger partial charge in [-0.3, -0.25) is 0 Å². The second-order valence-electron chi connectivity index (χ2n) is 5.27. The average Bonchev–Trinajstić information content (AvgIpc) is 2.59. The molecule has 4 nitrogen and oxygen atoms in total. The topological polar surface area (TPSA) is 39.7 Å². The molecular weight excluding hydrogens is 413 g/mol. The summed E-state index contributed by atoms with van der Waals surface area (Å²) in [6, 6.07) is 8.35. The molecule has 1 N–H and O–H groups in total. The summed E-state index contributed by atoms with van der Waals surface area (Å²) in [4.78, 5) is 0. The molecule has 0 aliphatic carbocycles. The van der Waals surface area contributed by atoms with E-state index in [2.05, 4.69) is 21.2 Å². The highest BCUT2D eigenvalue weighted by Crippen LogP contribution is 2.37. The third-order valence-electron chi connectivity index (χ3n) is 3.52. The van der Waals surface area contributed by atoms with Gasteiger partial charge in [0.15, 0.2) is 11.5 Å². The van der Waals surface area contributed by atoms with Crippen molar-refractivity contribution in [2.75, 3.05) is 27.4 Å². The van der Waals surface area contributed by atoms with Gasteiger partial charge in [0, 0.05) is 25.8 Å². The fourth-order valence-electron chi connectivity index (χ4n) is 2.24. The van der Waals surface area contributed by atoms with E-state index >= 15 is 0 Å². The highest BCUT2D eigenvalue weighted by molar-refractivity contribution is 9.10. The Kier molecular flexibility index (Phi) is 7.96. The zero-order chi connectivity index (χ0) is 18.2. The van der Waals surface area contributed by atoms with E-state index in [1.807, 2.05) is 12.1 Å². The van der Waals surface area contributed by atoms with Crippen LogP contribution in [-0.4, -0.2) is 27.4 Å². The maximum atomic E-state index is 13.9. The van der Waals surface area contributed by atoms with E-state index in [0.29, 0.717) is 35.2 Å². The van der Waals surface area contributed by atoms with Crippen LogP contribution in [0.15, 0.2) is 34.8 Å². The molecule has 0 amide bonds. The summed E-state index contributed by atoms with van der Waals surface area (Å²) in [6.07, 6.45) is 0. The van der Waals surface area contributed by atoms with E-state index in [-0.39, 0.29) is 6.61 Å². The highest BCUT2D eigenvalue weighted by Gasteiger charge is 2.14. The van der Waals surface area contributed by atoms with Crippen molar-refractivity contribution in [1.29, 1.82) is 0 Å². The number of hydrogen-bond acceptors (Lipinski definition) is 4. The predicted molar refractivity (Wildman–Crippen MR) is 100 cm³/mol. The van der Waals surface area contributed by atoms with E-state index in [0.717, 1.165) is 16.6 Å². The summed E-state index contributed by atoms with van der Waals surface area (Å²) in [5.74, 6) is 0.661. The van der Waals surface area contributed by atoms with Crippen molar-refractivity contribution in [2.45, 2.75) is 13.2 Å². The molecule has 0 bridgehead atoms. The minimum Gasteiger partial charge on any atom is -0.493 e. The molecule has 0 atom stereocenters. The first-order valence-electron chi connectivity index (χ1n) is 7.68. The van der Waals surface area contributed by atoms with Crippen LogP contribution in [0.5, 0.6) is 11.5 Å². The van der Waals surface area contributed by atoms with Crippen molar-refractivity contribution in [3.8, 4) is 11.5 Å². The van der Waals surface area contributed by atoms with Crippen LogP contribution >= 0.6 is 27.5 Å². The molecule has 25 heavy (non-hydrogen) atoms. The van der Waals surface area contributed by atoms with Gasteiger partial charge in [0.05, 0.1) is 23.2 Å². The average molecular weight is 433 g/mol. The first kappa shape index (κ1) is 20.0. The molecule has 0 aromatic heterocycles. The van der Waals surface area contributed by atoms with Gasteiger partial charge in [-0.1, -0.05) is 17.7 Å². The van der Waals surface area contributed by atoms with E-state index in [9.17, 15) is 4.39 Å². The third-order valence-corrected chi connectivity index (χ3v) is 4.47. The van der Waals surface area contributed by atoms with Crippen LogP contribution in [0.25, 0.3) is 0 Å². The number of ether oxygens (including phenoxy) is 3. The van der Waals surface area contributed by atoms with Gasteiger partial charge in [0.25, 0.3) is 0 Å². The SMILES string of the molecule is COCCNCc1cc(Br)c(OCc2c(F)cccc2Cl)c(OC)c1. The molecule has 2 aromatic rings. The number of halogens is 3. The van der Waals surface area contributed by atoms with Crippen molar-refractivity contribution in [2.24, 2.45) is 0 Å². The lowest BCUT2D eigenvalue weighted by atomic mass is 10.2. The van der Waals surface area contributed by atoms with Crippen LogP contribution in [0.3, 0.4) is 0 Å². The van der Waals surface area contributed by atoms with Crippen LogP contribution in [0.1, 0.15) is 11.1 Å². The summed E-state index contributed by atoms with van der Waals surface area (Å²) in [6.45, 7) is 2.06. The smallest absolute Gasteiger partial charge is 0.175 e. The molecule has 0 saturated carbocycles. The van der Waals surface area contributed by atoms with Gasteiger partial charge in [-0.25, -0.2) is 4.39 Å². The number of rotatable bonds is 9. The Balaban J connectivity index is 2.12. The van der Waals surface area contributed by atoms with Gasteiger partial charge in [-0.05, 0) is 45.8 Å². The minimum atomic E-state index is -0.401. The summed E-state index contributed by atoms with van der Waals surface area (Å²) in [5, 5.41) is 3.59. The Morgan fingerprint density at radius 3 is 2.72 bits per heavy atom. The maximum absolute atomic E-state index is 13.9. The van der Waals surface area contributed by atoms with Crippen LogP contribution < -0.4 is 14.8 Å². The standard InChI is InChI=1S/C18H20BrClFNO3/c1-23-7-6-22-10-12-8-14(19)18(17(9-12)24-2)25-11-13-15(20)4-3-5-16(13)21/h3-5,8-9,22H,6-7,10-11H2,1-2H3. The number of benzene rings is 2. The summed E-state index contributed by atoms with van der Waals surface area (Å²) in [5.41, 5.74) is 1.33. The Hall–Kier alpha value is -1.34. The normalized spacial score (nSPS) is 10.8. The Labute approximate surface area is 160 Å². The first-order chi connectivity index (χ1) is 12.1. The van der Waals surface area contributed by atoms with Crippen molar-refractivity contribution in [1.82, 2.24) is 5.32 Å². The molecule has 2 rings (SSSR count). The van der Waals surface area contributed by atoms with Crippen LogP contribution in [0.2, 0.25) is 5.02 Å². The monoisotopic (exact) mass is 431 g/mol. The molecule has 0 heterocycles. The Morgan fingerprint density at radius 2 is 2.04 bits per heavy atom. The van der Waals surface area contributed by atoms with Gasteiger partial charge < -0.3 is 19.5 Å². The molecule has 136 valence electrons. The predicted octanol–water partition coefficient (Wildman–Crippen LogP) is 4.57. The van der Waals surface area contributed by atoms with E-state index in [4.69, 9.17) is 25.8 Å². The second kappa shape index (κ2) is 9.97. The van der Waals surface area contributed by atoms with Crippen molar-refractivity contribution in [3.63, 3.8) is 0 Å². The van der Waals surface area contributed by atoms with Gasteiger partial charge in [-0.15, -0.1) is 0 Å². The molecular formula is C18H20BrClFNO3. The lowest BCUT2D eigenvalue weighted by Gasteiger charge is -2.15. The number of hydrogen-bond donors (Lipinski definition) is 1. The van der Waals surface area contributed by atoms with Crippen molar-refractivity contribution >= 4 is 27.5 Å². The molecule has 0 aliphatic heterocycles. The maximum Gasteiger partial charge on any atom is 0.175 e. The van der Waals surface area contributed by atoms with Gasteiger partial charge in [0.2, 0.25) is 0 Å². The molecule has 0 unspecified atom stereocenters. The lowest BCUT2D eigenvalue weighted by Crippen LogP contribution is -2.18. The largest absolute Gasteiger partial charge is 0.493 e. The summed E-state index contributed by atoms with van der Waals surface area (Å²) in [7, 11) is 3.22. The van der Waals surface area contributed by atoms with Crippen LogP contribution in [-0.2, 0) is 17.9 Å². The molecule has 2 aromatic carbocycles. The van der Waals surface area contributed by atoms with Gasteiger partial charge >= 0.3 is 0 Å². The fraction of sp³-hybridized carbons (Fsp3) is 0.333. The van der Waals surface area contributed by atoms with E-state index in [1.54, 1.807) is 26.4 Å². The third kappa shape index (κ3) is 5.57. The van der Waals surface area contributed by atoms with Gasteiger partial charge in [-0.2, -0.15) is 0 Å². The van der Waals surface area contributed by atoms with Crippen LogP contribution in [0, 0.1) is 5.82 Å². The summed E-state index contributed by atoms with van der Waals surface area (Å²) >= 11 is 9.52. The van der Waals surface area contributed by atoms with Crippen molar-refractivity contribution < 1.29 is 18.6 Å². The van der Waals surface area contributed by atoms with E-state index in [1.165, 1.54) is 6.07 Å². The van der Waals surface area contributed by atoms with Crippen LogP contribution in [0.4, 0.5) is 4.39 Å². The Morgan fingerprint density at radius 1 is 1.24 bits per heavy atom. The molecule has 0 spiro atoms. The Bertz CT molecular complexity index is 695. The zero-order valence-electron chi connectivity index (χ0n) is 14.1. The second-order valence-corrected chi connectivity index (χ2v) is 6.53. The number of nitrogens with one attached hydrogen (secondary N) is 1. The molecule has 0 saturated heterocycles. The lowest BCUT2D eigenvalue weighted by molar-refractivity contribution is 0.199. The quantitative estimate of drug-likeness (QED) is 0.590. The molecule has 7 heteroatoms. The van der Waals surface area contributed by atoms with E-state index < -0.39 is 5.82 Å². The highest BCUT2D eigenvalue weighted by atomic mass is 79.9.